The van der Waals surface area contributed by atoms with Crippen LogP contribution in [0.4, 0.5) is 0 Å². The Labute approximate surface area is 206 Å². The molecule has 0 amide bonds. The third kappa shape index (κ3) is 6.04. The lowest BCUT2D eigenvalue weighted by molar-refractivity contribution is -0.112. The fourth-order valence-corrected chi connectivity index (χ4v) is 4.66. The Kier molecular flexibility index (Phi) is 7.66. The van der Waals surface area contributed by atoms with Gasteiger partial charge in [0.05, 0.1) is 0 Å². The lowest BCUT2D eigenvalue weighted by atomic mass is 9.91. The van der Waals surface area contributed by atoms with Crippen LogP contribution in [0.1, 0.15) is 24.5 Å². The molecule has 3 aromatic rings. The van der Waals surface area contributed by atoms with Crippen LogP contribution in [-0.4, -0.2) is 36.8 Å². The molecule has 1 fully saturated rings. The highest BCUT2D eigenvalue weighted by Crippen LogP contribution is 2.27. The first-order chi connectivity index (χ1) is 16.4. The Morgan fingerprint density at radius 2 is 1.82 bits per heavy atom. The SMILES string of the molecule is CC(C=O)(NC(=N)NC[C@H]1CCN(Cc2ccccc2)C1)c1cccc(-c2cccc(Cl)c2)c1. The normalized spacial score (nSPS) is 17.6. The molecule has 1 unspecified atom stereocenters. The van der Waals surface area contributed by atoms with E-state index in [1.807, 2.05) is 54.6 Å². The minimum absolute atomic E-state index is 0.157. The molecule has 3 aromatic carbocycles. The molecular formula is C28H31ClN4O. The third-order valence-corrected chi connectivity index (χ3v) is 6.66. The zero-order valence-electron chi connectivity index (χ0n) is 19.4. The third-order valence-electron chi connectivity index (χ3n) is 6.43. The Hall–Kier alpha value is -3.15. The standard InChI is InChI=1S/C28H31ClN4O/c1-28(20-34,25-11-5-9-23(15-25)24-10-6-12-26(29)16-24)32-27(30)31-17-22-13-14-33(19-22)18-21-7-3-2-4-8-21/h2-12,15-16,20,22H,13-14,17-19H2,1H3,(H3,30,31,32)/t22-,28?/m1/s1. The number of benzene rings is 3. The lowest BCUT2D eigenvalue weighted by Crippen LogP contribution is -2.50. The molecule has 5 nitrogen and oxygen atoms in total. The van der Waals surface area contributed by atoms with Gasteiger partial charge in [-0.2, -0.15) is 0 Å². The van der Waals surface area contributed by atoms with Crippen molar-refractivity contribution in [3.63, 3.8) is 0 Å². The second-order valence-electron chi connectivity index (χ2n) is 9.17. The number of rotatable bonds is 8. The van der Waals surface area contributed by atoms with Crippen LogP contribution < -0.4 is 10.6 Å². The van der Waals surface area contributed by atoms with E-state index in [1.165, 1.54) is 5.56 Å². The molecule has 1 heterocycles. The molecule has 3 N–H and O–H groups in total. The topological polar surface area (TPSA) is 68.2 Å². The first-order valence-corrected chi connectivity index (χ1v) is 12.0. The predicted molar refractivity (Wildman–Crippen MR) is 139 cm³/mol. The summed E-state index contributed by atoms with van der Waals surface area (Å²) in [6.07, 6.45) is 1.96. The number of likely N-dealkylation sites (tertiary alicyclic amines) is 1. The molecule has 1 saturated heterocycles. The summed E-state index contributed by atoms with van der Waals surface area (Å²) in [6.45, 7) is 5.52. The summed E-state index contributed by atoms with van der Waals surface area (Å²) in [4.78, 5) is 14.6. The Balaban J connectivity index is 1.34. The molecule has 1 aliphatic rings. The van der Waals surface area contributed by atoms with Crippen molar-refractivity contribution in [1.82, 2.24) is 15.5 Å². The van der Waals surface area contributed by atoms with E-state index in [9.17, 15) is 4.79 Å². The fraction of sp³-hybridized carbons (Fsp3) is 0.286. The molecular weight excluding hydrogens is 444 g/mol. The van der Waals surface area contributed by atoms with Crippen molar-refractivity contribution >= 4 is 23.8 Å². The minimum atomic E-state index is -1.02. The molecule has 0 aliphatic carbocycles. The van der Waals surface area contributed by atoms with Gasteiger partial charge in [-0.3, -0.25) is 10.3 Å². The van der Waals surface area contributed by atoms with Crippen LogP contribution in [0.3, 0.4) is 0 Å². The van der Waals surface area contributed by atoms with Crippen LogP contribution in [0.2, 0.25) is 5.02 Å². The number of aldehydes is 1. The van der Waals surface area contributed by atoms with Gasteiger partial charge in [0.1, 0.15) is 11.8 Å². The first kappa shape index (κ1) is 24.0. The van der Waals surface area contributed by atoms with Crippen LogP contribution in [-0.2, 0) is 16.9 Å². The summed E-state index contributed by atoms with van der Waals surface area (Å²) in [5, 5.41) is 15.4. The summed E-state index contributed by atoms with van der Waals surface area (Å²) in [6, 6.07) is 25.9. The molecule has 0 bridgehead atoms. The number of halogens is 1. The molecule has 34 heavy (non-hydrogen) atoms. The highest BCUT2D eigenvalue weighted by atomic mass is 35.5. The summed E-state index contributed by atoms with van der Waals surface area (Å²) in [5.41, 5.74) is 3.05. The maximum absolute atomic E-state index is 12.1. The van der Waals surface area contributed by atoms with E-state index in [1.54, 1.807) is 6.92 Å². The van der Waals surface area contributed by atoms with Gasteiger partial charge >= 0.3 is 0 Å². The highest BCUT2D eigenvalue weighted by Gasteiger charge is 2.28. The first-order valence-electron chi connectivity index (χ1n) is 11.6. The van der Waals surface area contributed by atoms with Gasteiger partial charge in [0.15, 0.2) is 5.96 Å². The van der Waals surface area contributed by atoms with Crippen LogP contribution >= 0.6 is 11.6 Å². The van der Waals surface area contributed by atoms with Crippen LogP contribution in [0.5, 0.6) is 0 Å². The van der Waals surface area contributed by atoms with E-state index in [2.05, 4.69) is 39.8 Å². The zero-order chi connectivity index (χ0) is 24.0. The molecule has 0 radical (unpaired) electrons. The molecule has 6 heteroatoms. The number of carbonyl (C=O) groups excluding carboxylic acids is 1. The molecule has 1 aliphatic heterocycles. The largest absolute Gasteiger partial charge is 0.356 e. The number of hydrogen-bond donors (Lipinski definition) is 3. The van der Waals surface area contributed by atoms with Crippen LogP contribution in [0, 0.1) is 11.3 Å². The van der Waals surface area contributed by atoms with Crippen molar-refractivity contribution in [1.29, 1.82) is 5.41 Å². The number of carbonyl (C=O) groups is 1. The number of nitrogens with zero attached hydrogens (tertiary/aromatic N) is 1. The van der Waals surface area contributed by atoms with Gasteiger partial charge in [-0.25, -0.2) is 0 Å². The molecule has 0 saturated carbocycles. The Morgan fingerprint density at radius 3 is 2.56 bits per heavy atom. The molecule has 0 spiro atoms. The van der Waals surface area contributed by atoms with Crippen molar-refractivity contribution in [3.8, 4) is 11.1 Å². The monoisotopic (exact) mass is 474 g/mol. The van der Waals surface area contributed by atoms with Gasteiger partial charge < -0.3 is 15.4 Å². The average Bonchev–Trinajstić information content (AvgIpc) is 3.30. The predicted octanol–water partition coefficient (Wildman–Crippen LogP) is 5.06. The summed E-state index contributed by atoms with van der Waals surface area (Å²) in [5.74, 6) is 0.628. The van der Waals surface area contributed by atoms with E-state index in [0.29, 0.717) is 17.5 Å². The van der Waals surface area contributed by atoms with E-state index in [-0.39, 0.29) is 5.96 Å². The van der Waals surface area contributed by atoms with Gasteiger partial charge in [0, 0.05) is 24.7 Å². The van der Waals surface area contributed by atoms with Crippen molar-refractivity contribution in [2.45, 2.75) is 25.4 Å². The smallest absolute Gasteiger partial charge is 0.189 e. The van der Waals surface area contributed by atoms with Crippen molar-refractivity contribution in [2.75, 3.05) is 19.6 Å². The van der Waals surface area contributed by atoms with E-state index in [0.717, 1.165) is 49.0 Å². The maximum Gasteiger partial charge on any atom is 0.189 e. The molecule has 176 valence electrons. The van der Waals surface area contributed by atoms with E-state index in [4.69, 9.17) is 17.0 Å². The number of guanidine groups is 1. The summed E-state index contributed by atoms with van der Waals surface area (Å²) in [7, 11) is 0. The Morgan fingerprint density at radius 1 is 1.09 bits per heavy atom. The fourth-order valence-electron chi connectivity index (χ4n) is 4.47. The van der Waals surface area contributed by atoms with E-state index >= 15 is 0 Å². The number of nitrogens with one attached hydrogen (secondary N) is 3. The Bertz CT molecular complexity index is 1140. The van der Waals surface area contributed by atoms with Gasteiger partial charge in [-0.15, -0.1) is 0 Å². The number of hydrogen-bond acceptors (Lipinski definition) is 3. The van der Waals surface area contributed by atoms with Gasteiger partial charge in [-0.1, -0.05) is 72.3 Å². The zero-order valence-corrected chi connectivity index (χ0v) is 20.2. The molecule has 4 rings (SSSR count). The van der Waals surface area contributed by atoms with Crippen molar-refractivity contribution in [3.05, 3.63) is 95.0 Å². The van der Waals surface area contributed by atoms with Crippen molar-refractivity contribution < 1.29 is 4.79 Å². The van der Waals surface area contributed by atoms with Crippen molar-refractivity contribution in [2.24, 2.45) is 5.92 Å². The average molecular weight is 475 g/mol. The molecule has 2 atom stereocenters. The van der Waals surface area contributed by atoms with Gasteiger partial charge in [0.2, 0.25) is 0 Å². The summed E-state index contributed by atoms with van der Waals surface area (Å²) >= 11 is 6.15. The maximum atomic E-state index is 12.1. The van der Waals surface area contributed by atoms with Gasteiger partial charge in [-0.05, 0) is 66.3 Å². The second kappa shape index (κ2) is 10.9. The lowest BCUT2D eigenvalue weighted by Gasteiger charge is -2.28. The van der Waals surface area contributed by atoms with Gasteiger partial charge in [0.25, 0.3) is 0 Å². The second-order valence-corrected chi connectivity index (χ2v) is 9.60. The van der Waals surface area contributed by atoms with Crippen LogP contribution in [0.25, 0.3) is 11.1 Å². The minimum Gasteiger partial charge on any atom is -0.356 e. The summed E-state index contributed by atoms with van der Waals surface area (Å²) < 4.78 is 0. The highest BCUT2D eigenvalue weighted by molar-refractivity contribution is 6.30. The van der Waals surface area contributed by atoms with E-state index < -0.39 is 5.54 Å². The quantitative estimate of drug-likeness (QED) is 0.242. The molecule has 0 aromatic heterocycles. The van der Waals surface area contributed by atoms with Crippen LogP contribution in [0.15, 0.2) is 78.9 Å².